The van der Waals surface area contributed by atoms with Crippen molar-refractivity contribution in [2.45, 2.75) is 69.7 Å². The van der Waals surface area contributed by atoms with E-state index < -0.39 is 24.3 Å². The Bertz CT molecular complexity index is 1850. The molecule has 270 valence electrons. The molecule has 3 N–H and O–H groups in total. The van der Waals surface area contributed by atoms with Crippen LogP contribution in [-0.2, 0) is 43.6 Å². The third-order valence-corrected chi connectivity index (χ3v) is 9.91. The van der Waals surface area contributed by atoms with Crippen LogP contribution in [0.1, 0.15) is 59.5 Å². The van der Waals surface area contributed by atoms with E-state index in [0.29, 0.717) is 19.5 Å². The minimum Gasteiger partial charge on any atom is -0.445 e. The zero-order valence-corrected chi connectivity index (χ0v) is 28.8. The summed E-state index contributed by atoms with van der Waals surface area (Å²) in [6, 6.07) is 31.5. The Kier molecular flexibility index (Phi) is 11.0. The molecule has 4 aromatic rings. The van der Waals surface area contributed by atoms with Gasteiger partial charge in [0.25, 0.3) is 5.91 Å². The molecule has 3 heterocycles. The first-order valence-electron chi connectivity index (χ1n) is 17.7. The average molecular weight is 706 g/mol. The predicted octanol–water partition coefficient (Wildman–Crippen LogP) is 5.01. The summed E-state index contributed by atoms with van der Waals surface area (Å²) in [6.45, 7) is 2.23. The second kappa shape index (κ2) is 16.2. The summed E-state index contributed by atoms with van der Waals surface area (Å²) in [5, 5.41) is 22.2. The Labute approximate surface area is 302 Å². The van der Waals surface area contributed by atoms with Crippen LogP contribution in [0.5, 0.6) is 0 Å². The van der Waals surface area contributed by atoms with E-state index in [2.05, 4.69) is 10.2 Å². The van der Waals surface area contributed by atoms with Crippen molar-refractivity contribution < 1.29 is 38.8 Å². The quantitative estimate of drug-likeness (QED) is 0.184. The molecule has 3 aliphatic heterocycles. The molecule has 0 aliphatic carbocycles. The molecule has 3 amide bonds. The summed E-state index contributed by atoms with van der Waals surface area (Å²) in [5.74, 6) is -0.842. The van der Waals surface area contributed by atoms with Crippen LogP contribution in [0.25, 0.3) is 11.1 Å². The maximum Gasteiger partial charge on any atom is 0.408 e. The van der Waals surface area contributed by atoms with Crippen LogP contribution in [-0.4, -0.2) is 75.8 Å². The summed E-state index contributed by atoms with van der Waals surface area (Å²) >= 11 is 0. The normalized spacial score (nSPS) is 23.6. The summed E-state index contributed by atoms with van der Waals surface area (Å²) in [7, 11) is 0. The van der Waals surface area contributed by atoms with Gasteiger partial charge in [-0.3, -0.25) is 19.4 Å². The number of carbonyl (C=O) groups is 3. The molecule has 52 heavy (non-hydrogen) atoms. The fraction of sp³-hybridized carbons (Fsp3) is 0.341. The van der Waals surface area contributed by atoms with Gasteiger partial charge in [-0.15, -0.1) is 0 Å². The van der Waals surface area contributed by atoms with E-state index in [1.807, 2.05) is 103 Å². The topological polar surface area (TPSA) is 138 Å². The fourth-order valence-corrected chi connectivity index (χ4v) is 7.10. The first-order chi connectivity index (χ1) is 25.3. The zero-order chi connectivity index (χ0) is 36.0. The summed E-state index contributed by atoms with van der Waals surface area (Å²) in [5.41, 5.74) is 6.05. The smallest absolute Gasteiger partial charge is 0.408 e. The van der Waals surface area contributed by atoms with Gasteiger partial charge in [0.2, 0.25) is 5.91 Å². The highest BCUT2D eigenvalue weighted by molar-refractivity contribution is 6.06. The van der Waals surface area contributed by atoms with Crippen molar-refractivity contribution in [3.63, 3.8) is 0 Å². The third-order valence-electron chi connectivity index (χ3n) is 9.91. The lowest BCUT2D eigenvalue weighted by Crippen LogP contribution is -2.41. The molecule has 3 fully saturated rings. The van der Waals surface area contributed by atoms with Crippen LogP contribution < -0.4 is 5.32 Å². The van der Waals surface area contributed by atoms with Crippen molar-refractivity contribution in [3.05, 3.63) is 131 Å². The monoisotopic (exact) mass is 705 g/mol. The molecule has 5 atom stereocenters. The number of hydrogen-bond acceptors (Lipinski definition) is 9. The predicted molar refractivity (Wildman–Crippen MR) is 191 cm³/mol. The highest BCUT2D eigenvalue weighted by Gasteiger charge is 2.40. The fourth-order valence-electron chi connectivity index (χ4n) is 7.10. The van der Waals surface area contributed by atoms with Gasteiger partial charge in [0, 0.05) is 31.6 Å². The lowest BCUT2D eigenvalue weighted by molar-refractivity contribution is -0.252. The number of aliphatic hydroxyl groups is 2. The molecule has 0 spiro atoms. The van der Waals surface area contributed by atoms with E-state index in [1.54, 1.807) is 0 Å². The van der Waals surface area contributed by atoms with Gasteiger partial charge in [-0.05, 0) is 39.8 Å². The van der Waals surface area contributed by atoms with Crippen LogP contribution >= 0.6 is 0 Å². The minimum atomic E-state index is -0.992. The van der Waals surface area contributed by atoms with Crippen molar-refractivity contribution >= 4 is 17.9 Å². The number of rotatable bonds is 11. The van der Waals surface area contributed by atoms with Gasteiger partial charge in [0.05, 0.1) is 37.9 Å². The highest BCUT2D eigenvalue weighted by atomic mass is 16.7. The highest BCUT2D eigenvalue weighted by Crippen LogP contribution is 2.39. The van der Waals surface area contributed by atoms with Crippen LogP contribution in [0.4, 0.5) is 4.79 Å². The van der Waals surface area contributed by atoms with Crippen LogP contribution in [0.15, 0.2) is 103 Å². The molecule has 0 bridgehead atoms. The number of nitrogens with zero attached hydrogens (tertiary/aromatic N) is 2. The molecular weight excluding hydrogens is 662 g/mol. The van der Waals surface area contributed by atoms with Gasteiger partial charge in [-0.1, -0.05) is 103 Å². The third kappa shape index (κ3) is 8.41. The lowest BCUT2D eigenvalue weighted by Gasteiger charge is -2.38. The number of aliphatic hydroxyl groups excluding tert-OH is 2. The number of benzene rings is 4. The molecule has 0 aromatic heterocycles. The van der Waals surface area contributed by atoms with Gasteiger partial charge in [-0.25, -0.2) is 4.79 Å². The standard InChI is InChI=1S/C41H43N3O8/c45-25-27-10-12-30(13-11-27)37-20-34(24-43-19-18-33(46)23-43)51-40(52-37)31-16-14-29(15-17-31)35-9-5-4-8-32(35)22-44-38(47)21-36(39(44)48)42-41(49)50-26-28-6-2-1-3-7-28/h1-17,33-34,36-37,40,45-46H,18-26H2,(H,42,49)/t33-,34-,36?,37+,40+/m0/s1. The van der Waals surface area contributed by atoms with E-state index in [-0.39, 0.29) is 50.4 Å². The average Bonchev–Trinajstić information content (AvgIpc) is 3.70. The molecule has 3 saturated heterocycles. The SMILES string of the molecule is O=C(NC1CC(=O)N(Cc2ccccc2-c2ccc([C@@H]3O[C@H](CN4CC[C@H](O)C4)C[C@H](c4ccc(CO)cc4)O3)cc2)C1=O)OCc1ccccc1. The molecule has 0 radical (unpaired) electrons. The Hall–Kier alpha value is -4.91. The first-order valence-corrected chi connectivity index (χ1v) is 17.7. The Morgan fingerprint density at radius 2 is 1.60 bits per heavy atom. The molecule has 0 saturated carbocycles. The number of imide groups is 1. The summed E-state index contributed by atoms with van der Waals surface area (Å²) in [6.07, 6.45) is -0.757. The zero-order valence-electron chi connectivity index (χ0n) is 28.8. The second-order valence-corrected chi connectivity index (χ2v) is 13.6. The molecule has 1 unspecified atom stereocenters. The van der Waals surface area contributed by atoms with Crippen LogP contribution in [0.3, 0.4) is 0 Å². The van der Waals surface area contributed by atoms with Crippen molar-refractivity contribution in [3.8, 4) is 11.1 Å². The summed E-state index contributed by atoms with van der Waals surface area (Å²) in [4.78, 5) is 42.1. The van der Waals surface area contributed by atoms with E-state index >= 15 is 0 Å². The van der Waals surface area contributed by atoms with Gasteiger partial charge < -0.3 is 29.7 Å². The summed E-state index contributed by atoms with van der Waals surface area (Å²) < 4.78 is 18.3. The van der Waals surface area contributed by atoms with E-state index in [4.69, 9.17) is 14.2 Å². The van der Waals surface area contributed by atoms with Crippen molar-refractivity contribution in [1.29, 1.82) is 0 Å². The maximum atomic E-state index is 13.3. The molecule has 4 aromatic carbocycles. The lowest BCUT2D eigenvalue weighted by atomic mass is 9.97. The Morgan fingerprint density at radius 1 is 0.865 bits per heavy atom. The number of nitrogens with one attached hydrogen (secondary N) is 1. The Morgan fingerprint density at radius 3 is 2.33 bits per heavy atom. The number of hydrogen-bond donors (Lipinski definition) is 3. The van der Waals surface area contributed by atoms with Crippen molar-refractivity contribution in [2.75, 3.05) is 19.6 Å². The van der Waals surface area contributed by atoms with Crippen molar-refractivity contribution in [2.24, 2.45) is 0 Å². The number of β-amino-alcohol motifs (C(OH)–C–C–N with tert-alkyl or cyclic N) is 1. The molecule has 7 rings (SSSR count). The molecular formula is C41H43N3O8. The van der Waals surface area contributed by atoms with E-state index in [0.717, 1.165) is 51.9 Å². The molecule has 11 nitrogen and oxygen atoms in total. The van der Waals surface area contributed by atoms with Crippen molar-refractivity contribution in [1.82, 2.24) is 15.1 Å². The number of alkyl carbamates (subject to hydrolysis) is 1. The minimum absolute atomic E-state index is 0.0265. The number of carbonyl (C=O) groups excluding carboxylic acids is 3. The molecule has 3 aliphatic rings. The largest absolute Gasteiger partial charge is 0.445 e. The second-order valence-electron chi connectivity index (χ2n) is 13.6. The van der Waals surface area contributed by atoms with E-state index in [1.165, 1.54) is 4.90 Å². The van der Waals surface area contributed by atoms with Crippen LogP contribution in [0, 0.1) is 0 Å². The first kappa shape index (κ1) is 35.5. The molecule has 11 heteroatoms. The van der Waals surface area contributed by atoms with Gasteiger partial charge in [0.1, 0.15) is 12.6 Å². The van der Waals surface area contributed by atoms with E-state index in [9.17, 15) is 24.6 Å². The number of ether oxygens (including phenoxy) is 3. The Balaban J connectivity index is 1.03. The van der Waals surface area contributed by atoms with Gasteiger partial charge in [-0.2, -0.15) is 0 Å². The van der Waals surface area contributed by atoms with Crippen LogP contribution in [0.2, 0.25) is 0 Å². The van der Waals surface area contributed by atoms with Gasteiger partial charge in [0.15, 0.2) is 6.29 Å². The van der Waals surface area contributed by atoms with Gasteiger partial charge >= 0.3 is 6.09 Å². The maximum absolute atomic E-state index is 13.3. The number of likely N-dealkylation sites (tertiary alicyclic amines) is 2. The number of amides is 3.